The maximum atomic E-state index is 12.1. The van der Waals surface area contributed by atoms with Crippen LogP contribution in [0, 0.1) is 5.41 Å². The van der Waals surface area contributed by atoms with Crippen LogP contribution in [0.3, 0.4) is 0 Å². The third-order valence-electron chi connectivity index (χ3n) is 5.41. The molecule has 1 saturated carbocycles. The Bertz CT molecular complexity index is 734. The van der Waals surface area contributed by atoms with Crippen molar-refractivity contribution < 1.29 is 0 Å². The number of nitrogens with zero attached hydrogens (tertiary/aromatic N) is 4. The van der Waals surface area contributed by atoms with Crippen LogP contribution >= 0.6 is 11.3 Å². The zero-order chi connectivity index (χ0) is 15.2. The summed E-state index contributed by atoms with van der Waals surface area (Å²) >= 11 is 1.55. The van der Waals surface area contributed by atoms with Gasteiger partial charge in [0.1, 0.15) is 0 Å². The first kappa shape index (κ1) is 14.2. The molecule has 118 valence electrons. The van der Waals surface area contributed by atoms with E-state index in [-0.39, 0.29) is 5.56 Å². The van der Waals surface area contributed by atoms with Crippen molar-refractivity contribution in [3.05, 3.63) is 22.1 Å². The maximum absolute atomic E-state index is 12.1. The van der Waals surface area contributed by atoms with Gasteiger partial charge in [-0.25, -0.2) is 4.98 Å². The largest absolute Gasteiger partial charge is 0.347 e. The van der Waals surface area contributed by atoms with E-state index >= 15 is 0 Å². The lowest BCUT2D eigenvalue weighted by molar-refractivity contribution is 0.226. The van der Waals surface area contributed by atoms with Crippen molar-refractivity contribution in [2.45, 2.75) is 51.9 Å². The highest BCUT2D eigenvalue weighted by molar-refractivity contribution is 7.20. The summed E-state index contributed by atoms with van der Waals surface area (Å²) in [7, 11) is 0. The van der Waals surface area contributed by atoms with Crippen molar-refractivity contribution in [3.8, 4) is 0 Å². The SMILES string of the molecule is CCc1cc(=O)n2nc(N3CCC4(CCCC4)CC3)sc2n1. The van der Waals surface area contributed by atoms with Crippen LogP contribution in [0.2, 0.25) is 0 Å². The molecule has 5 nitrogen and oxygen atoms in total. The number of aromatic nitrogens is 3. The molecule has 0 N–H and O–H groups in total. The van der Waals surface area contributed by atoms with Gasteiger partial charge in [-0.1, -0.05) is 31.1 Å². The average Bonchev–Trinajstić information content (AvgIpc) is 3.15. The van der Waals surface area contributed by atoms with Gasteiger partial charge in [-0.3, -0.25) is 4.79 Å². The average molecular weight is 318 g/mol. The zero-order valence-corrected chi connectivity index (χ0v) is 13.9. The maximum Gasteiger partial charge on any atom is 0.275 e. The fourth-order valence-electron chi connectivity index (χ4n) is 3.95. The highest BCUT2D eigenvalue weighted by Crippen LogP contribution is 2.46. The fourth-order valence-corrected chi connectivity index (χ4v) is 4.93. The predicted octanol–water partition coefficient (Wildman–Crippen LogP) is 2.87. The van der Waals surface area contributed by atoms with E-state index in [0.717, 1.165) is 35.3 Å². The molecule has 6 heteroatoms. The zero-order valence-electron chi connectivity index (χ0n) is 13.0. The fraction of sp³-hybridized carbons (Fsp3) is 0.688. The van der Waals surface area contributed by atoms with E-state index in [1.165, 1.54) is 43.0 Å². The van der Waals surface area contributed by atoms with E-state index in [1.54, 1.807) is 17.4 Å². The number of hydrogen-bond acceptors (Lipinski definition) is 5. The van der Waals surface area contributed by atoms with Crippen LogP contribution in [0.1, 0.15) is 51.1 Å². The van der Waals surface area contributed by atoms with Crippen LogP contribution in [0.4, 0.5) is 5.13 Å². The Kier molecular flexibility index (Phi) is 3.44. The van der Waals surface area contributed by atoms with E-state index < -0.39 is 0 Å². The molecule has 0 radical (unpaired) electrons. The second-order valence-corrected chi connectivity index (χ2v) is 7.65. The first-order valence-electron chi connectivity index (χ1n) is 8.34. The molecule has 2 aliphatic rings. The molecule has 0 bridgehead atoms. The van der Waals surface area contributed by atoms with Crippen molar-refractivity contribution >= 4 is 21.4 Å². The lowest BCUT2D eigenvalue weighted by atomic mass is 9.77. The molecule has 1 spiro atoms. The Morgan fingerprint density at radius 3 is 2.64 bits per heavy atom. The number of rotatable bonds is 2. The van der Waals surface area contributed by atoms with Gasteiger partial charge in [0, 0.05) is 24.8 Å². The third kappa shape index (κ3) is 2.33. The summed E-state index contributed by atoms with van der Waals surface area (Å²) < 4.78 is 1.46. The molecule has 22 heavy (non-hydrogen) atoms. The quantitative estimate of drug-likeness (QED) is 0.854. The number of piperidine rings is 1. The summed E-state index contributed by atoms with van der Waals surface area (Å²) in [6.07, 6.45) is 8.94. The van der Waals surface area contributed by atoms with Gasteiger partial charge in [-0.2, -0.15) is 4.52 Å². The van der Waals surface area contributed by atoms with E-state index in [9.17, 15) is 4.79 Å². The minimum absolute atomic E-state index is 0.0615. The molecule has 2 aromatic rings. The van der Waals surface area contributed by atoms with Gasteiger partial charge >= 0.3 is 0 Å². The number of hydrogen-bond donors (Lipinski definition) is 0. The van der Waals surface area contributed by atoms with Gasteiger partial charge in [0.05, 0.1) is 0 Å². The minimum atomic E-state index is -0.0615. The summed E-state index contributed by atoms with van der Waals surface area (Å²) in [5, 5.41) is 5.46. The molecule has 2 fully saturated rings. The Hall–Kier alpha value is -1.43. The third-order valence-corrected chi connectivity index (χ3v) is 6.38. The summed E-state index contributed by atoms with van der Waals surface area (Å²) in [5.74, 6) is 0. The number of anilines is 1. The molecular weight excluding hydrogens is 296 g/mol. The lowest BCUT2D eigenvalue weighted by Gasteiger charge is -2.39. The molecule has 0 atom stereocenters. The summed E-state index contributed by atoms with van der Waals surface area (Å²) in [6, 6.07) is 1.60. The smallest absolute Gasteiger partial charge is 0.275 e. The summed E-state index contributed by atoms with van der Waals surface area (Å²) in [4.78, 5) is 19.7. The van der Waals surface area contributed by atoms with Crippen molar-refractivity contribution in [1.29, 1.82) is 0 Å². The van der Waals surface area contributed by atoms with Crippen molar-refractivity contribution in [3.63, 3.8) is 0 Å². The Morgan fingerprint density at radius 2 is 1.95 bits per heavy atom. The molecule has 0 unspecified atom stereocenters. The van der Waals surface area contributed by atoms with Crippen LogP contribution < -0.4 is 10.5 Å². The van der Waals surface area contributed by atoms with Gasteiger partial charge < -0.3 is 4.90 Å². The van der Waals surface area contributed by atoms with Gasteiger partial charge in [-0.05, 0) is 37.5 Å². The first-order chi connectivity index (χ1) is 10.7. The van der Waals surface area contributed by atoms with Gasteiger partial charge in [0.2, 0.25) is 10.1 Å². The number of fused-ring (bicyclic) bond motifs is 1. The van der Waals surface area contributed by atoms with E-state index in [1.807, 2.05) is 6.92 Å². The second-order valence-electron chi connectivity index (χ2n) is 6.71. The normalized spacial score (nSPS) is 21.0. The van der Waals surface area contributed by atoms with E-state index in [2.05, 4.69) is 15.0 Å². The van der Waals surface area contributed by atoms with Crippen LogP contribution in [0.15, 0.2) is 10.9 Å². The molecule has 1 aliphatic carbocycles. The Labute approximate surface area is 134 Å². The molecule has 2 aromatic heterocycles. The Morgan fingerprint density at radius 1 is 1.23 bits per heavy atom. The molecular formula is C16H22N4OS. The van der Waals surface area contributed by atoms with Crippen molar-refractivity contribution in [1.82, 2.24) is 14.6 Å². The highest BCUT2D eigenvalue weighted by Gasteiger charge is 2.37. The summed E-state index contributed by atoms with van der Waals surface area (Å²) in [5.41, 5.74) is 1.40. The predicted molar refractivity (Wildman–Crippen MR) is 88.9 cm³/mol. The minimum Gasteiger partial charge on any atom is -0.347 e. The van der Waals surface area contributed by atoms with Gasteiger partial charge in [-0.15, -0.1) is 5.10 Å². The van der Waals surface area contributed by atoms with Crippen LogP contribution in [-0.2, 0) is 6.42 Å². The topological polar surface area (TPSA) is 50.5 Å². The van der Waals surface area contributed by atoms with Gasteiger partial charge in [0.15, 0.2) is 0 Å². The standard InChI is InChI=1S/C16H22N4OS/c1-2-12-11-13(21)20-14(17-12)22-15(18-20)19-9-7-16(8-10-19)5-3-4-6-16/h11H,2-10H2,1H3. The second kappa shape index (κ2) is 5.33. The molecule has 4 rings (SSSR count). The lowest BCUT2D eigenvalue weighted by Crippen LogP contribution is -2.38. The molecule has 3 heterocycles. The van der Waals surface area contributed by atoms with Crippen LogP contribution in [-0.4, -0.2) is 27.7 Å². The van der Waals surface area contributed by atoms with E-state index in [4.69, 9.17) is 0 Å². The number of aryl methyl sites for hydroxylation is 1. The van der Waals surface area contributed by atoms with Crippen molar-refractivity contribution in [2.24, 2.45) is 5.41 Å². The highest BCUT2D eigenvalue weighted by atomic mass is 32.1. The monoisotopic (exact) mass is 318 g/mol. The first-order valence-corrected chi connectivity index (χ1v) is 9.16. The van der Waals surface area contributed by atoms with Crippen molar-refractivity contribution in [2.75, 3.05) is 18.0 Å². The molecule has 1 aliphatic heterocycles. The summed E-state index contributed by atoms with van der Waals surface area (Å²) in [6.45, 7) is 4.15. The Balaban J connectivity index is 1.59. The molecule has 1 saturated heterocycles. The van der Waals surface area contributed by atoms with Gasteiger partial charge in [0.25, 0.3) is 5.56 Å². The van der Waals surface area contributed by atoms with Crippen LogP contribution in [0.25, 0.3) is 4.96 Å². The molecule has 0 aromatic carbocycles. The van der Waals surface area contributed by atoms with Crippen LogP contribution in [0.5, 0.6) is 0 Å². The van der Waals surface area contributed by atoms with E-state index in [0.29, 0.717) is 5.41 Å². The molecule has 0 amide bonds.